The van der Waals surface area contributed by atoms with Crippen molar-refractivity contribution in [3.8, 4) is 22.6 Å². The molecule has 9 nitrogen and oxygen atoms in total. The van der Waals surface area contributed by atoms with Gasteiger partial charge in [0.05, 0.1) is 0 Å². The van der Waals surface area contributed by atoms with Crippen molar-refractivity contribution < 1.29 is 19.2 Å². The van der Waals surface area contributed by atoms with E-state index in [0.717, 1.165) is 36.9 Å². The summed E-state index contributed by atoms with van der Waals surface area (Å²) in [7, 11) is 1.64. The van der Waals surface area contributed by atoms with Gasteiger partial charge < -0.3 is 20.3 Å². The van der Waals surface area contributed by atoms with Crippen LogP contribution in [0.3, 0.4) is 0 Å². The standard InChI is InChI=1S/C23H23N5O4/c1-28-10-9-23(31,22(28)30)18-12-17(27-32-18)13-5-4-6-14(11-13)21-25-16-8-3-2-7-15(16)19(26-21)20(24)29/h4-6,11-12,31H,2-3,7-10H2,1H3,(H2,24,29)/t23-/m1/s1. The largest absolute Gasteiger partial charge is 0.373 e. The maximum atomic E-state index is 12.4. The molecule has 32 heavy (non-hydrogen) atoms. The zero-order valence-corrected chi connectivity index (χ0v) is 17.7. The average Bonchev–Trinajstić information content (AvgIpc) is 3.41. The molecular weight excluding hydrogens is 410 g/mol. The van der Waals surface area contributed by atoms with Gasteiger partial charge in [0.1, 0.15) is 11.4 Å². The van der Waals surface area contributed by atoms with Crippen LogP contribution in [0.1, 0.15) is 46.8 Å². The number of aliphatic hydroxyl groups is 1. The van der Waals surface area contributed by atoms with Crippen LogP contribution in [0.15, 0.2) is 34.9 Å². The predicted octanol–water partition coefficient (Wildman–Crippen LogP) is 1.83. The van der Waals surface area contributed by atoms with Crippen LogP contribution in [0.25, 0.3) is 22.6 Å². The van der Waals surface area contributed by atoms with Crippen molar-refractivity contribution in [2.75, 3.05) is 13.6 Å². The quantitative estimate of drug-likeness (QED) is 0.641. The zero-order chi connectivity index (χ0) is 22.5. The molecule has 1 atom stereocenters. The molecule has 3 heterocycles. The first kappa shape index (κ1) is 20.3. The van der Waals surface area contributed by atoms with Crippen LogP contribution in [0.2, 0.25) is 0 Å². The molecule has 1 aromatic carbocycles. The molecule has 164 valence electrons. The van der Waals surface area contributed by atoms with E-state index in [4.69, 9.17) is 15.2 Å². The lowest BCUT2D eigenvalue weighted by molar-refractivity contribution is -0.144. The van der Waals surface area contributed by atoms with Crippen molar-refractivity contribution in [3.63, 3.8) is 0 Å². The first-order valence-electron chi connectivity index (χ1n) is 10.6. The van der Waals surface area contributed by atoms with E-state index in [9.17, 15) is 14.7 Å². The molecule has 1 aliphatic carbocycles. The minimum absolute atomic E-state index is 0.119. The van der Waals surface area contributed by atoms with Gasteiger partial charge in [-0.15, -0.1) is 0 Å². The summed E-state index contributed by atoms with van der Waals surface area (Å²) in [6.45, 7) is 0.443. The molecule has 1 aliphatic heterocycles. The van der Waals surface area contributed by atoms with Gasteiger partial charge in [-0.05, 0) is 31.7 Å². The Kier molecular flexibility index (Phi) is 4.78. The Morgan fingerprint density at radius 2 is 1.97 bits per heavy atom. The lowest BCUT2D eigenvalue weighted by atomic mass is 9.94. The Balaban J connectivity index is 1.52. The Hall–Kier alpha value is -3.59. The number of primary amides is 1. The molecule has 0 bridgehead atoms. The number of likely N-dealkylation sites (N-methyl/N-ethyl adjacent to an activating group) is 1. The smallest absolute Gasteiger partial charge is 0.267 e. The molecule has 3 aromatic rings. The number of carbonyl (C=O) groups is 2. The molecule has 0 spiro atoms. The van der Waals surface area contributed by atoms with Gasteiger partial charge in [0, 0.05) is 48.5 Å². The van der Waals surface area contributed by atoms with E-state index >= 15 is 0 Å². The van der Waals surface area contributed by atoms with Crippen LogP contribution in [0.5, 0.6) is 0 Å². The van der Waals surface area contributed by atoms with E-state index in [1.807, 2.05) is 24.3 Å². The summed E-state index contributed by atoms with van der Waals surface area (Å²) in [6, 6.07) is 8.94. The van der Waals surface area contributed by atoms with Crippen LogP contribution in [0, 0.1) is 0 Å². The van der Waals surface area contributed by atoms with E-state index in [0.29, 0.717) is 29.2 Å². The average molecular weight is 433 g/mol. The fourth-order valence-corrected chi connectivity index (χ4v) is 4.43. The maximum absolute atomic E-state index is 12.4. The molecule has 0 radical (unpaired) electrons. The number of amides is 2. The number of rotatable bonds is 4. The van der Waals surface area contributed by atoms with Gasteiger partial charge in [0.2, 0.25) is 5.60 Å². The number of benzene rings is 1. The minimum Gasteiger partial charge on any atom is -0.373 e. The van der Waals surface area contributed by atoms with E-state index < -0.39 is 17.4 Å². The van der Waals surface area contributed by atoms with E-state index in [1.165, 1.54) is 4.90 Å². The number of nitrogens with zero attached hydrogens (tertiary/aromatic N) is 4. The van der Waals surface area contributed by atoms with Crippen molar-refractivity contribution in [2.24, 2.45) is 5.73 Å². The summed E-state index contributed by atoms with van der Waals surface area (Å²) in [5.74, 6) is -0.413. The number of aryl methyl sites for hydroxylation is 1. The highest BCUT2D eigenvalue weighted by Crippen LogP contribution is 2.35. The van der Waals surface area contributed by atoms with Crippen molar-refractivity contribution in [2.45, 2.75) is 37.7 Å². The molecule has 2 amide bonds. The van der Waals surface area contributed by atoms with Crippen molar-refractivity contribution in [1.82, 2.24) is 20.0 Å². The Morgan fingerprint density at radius 1 is 1.19 bits per heavy atom. The second kappa shape index (κ2) is 7.52. The summed E-state index contributed by atoms with van der Waals surface area (Å²) >= 11 is 0. The normalized spacial score (nSPS) is 20.4. The maximum Gasteiger partial charge on any atom is 0.267 e. The van der Waals surface area contributed by atoms with Crippen molar-refractivity contribution in [3.05, 3.63) is 53.0 Å². The first-order chi connectivity index (χ1) is 15.4. The third-order valence-electron chi connectivity index (χ3n) is 6.26. The van der Waals surface area contributed by atoms with Crippen LogP contribution < -0.4 is 5.73 Å². The first-order valence-corrected chi connectivity index (χ1v) is 10.6. The molecule has 2 aromatic heterocycles. The molecule has 2 aliphatic rings. The number of carbonyl (C=O) groups excluding carboxylic acids is 2. The highest BCUT2D eigenvalue weighted by atomic mass is 16.5. The van der Waals surface area contributed by atoms with Crippen LogP contribution in [-0.4, -0.2) is 50.5 Å². The number of hydrogen-bond acceptors (Lipinski definition) is 7. The van der Waals surface area contributed by atoms with Gasteiger partial charge in [-0.1, -0.05) is 23.4 Å². The Morgan fingerprint density at radius 3 is 2.72 bits per heavy atom. The second-order valence-electron chi connectivity index (χ2n) is 8.39. The summed E-state index contributed by atoms with van der Waals surface area (Å²) in [4.78, 5) is 35.0. The molecule has 3 N–H and O–H groups in total. The van der Waals surface area contributed by atoms with Gasteiger partial charge in [0.15, 0.2) is 11.6 Å². The monoisotopic (exact) mass is 433 g/mol. The Labute approximate surface area is 184 Å². The number of fused-ring (bicyclic) bond motifs is 1. The molecule has 0 saturated carbocycles. The molecule has 5 rings (SSSR count). The van der Waals surface area contributed by atoms with E-state index in [1.54, 1.807) is 13.1 Å². The third-order valence-corrected chi connectivity index (χ3v) is 6.26. The lowest BCUT2D eigenvalue weighted by Gasteiger charge is -2.18. The van der Waals surface area contributed by atoms with Gasteiger partial charge in [0.25, 0.3) is 11.8 Å². The second-order valence-corrected chi connectivity index (χ2v) is 8.39. The lowest BCUT2D eigenvalue weighted by Crippen LogP contribution is -2.35. The third kappa shape index (κ3) is 3.25. The number of nitrogens with two attached hydrogens (primary N) is 1. The van der Waals surface area contributed by atoms with Crippen molar-refractivity contribution >= 4 is 11.8 Å². The highest BCUT2D eigenvalue weighted by molar-refractivity contribution is 5.93. The van der Waals surface area contributed by atoms with Crippen LogP contribution >= 0.6 is 0 Å². The van der Waals surface area contributed by atoms with E-state index in [2.05, 4.69) is 10.1 Å². The van der Waals surface area contributed by atoms with Crippen LogP contribution in [-0.2, 0) is 23.2 Å². The van der Waals surface area contributed by atoms with Gasteiger partial charge in [-0.2, -0.15) is 0 Å². The number of likely N-dealkylation sites (tertiary alicyclic amines) is 1. The van der Waals surface area contributed by atoms with Crippen LogP contribution in [0.4, 0.5) is 0 Å². The fourth-order valence-electron chi connectivity index (χ4n) is 4.43. The highest BCUT2D eigenvalue weighted by Gasteiger charge is 2.48. The fraction of sp³-hybridized carbons (Fsp3) is 0.348. The van der Waals surface area contributed by atoms with Gasteiger partial charge in [-0.25, -0.2) is 9.97 Å². The van der Waals surface area contributed by atoms with E-state index in [-0.39, 0.29) is 17.9 Å². The number of hydrogen-bond donors (Lipinski definition) is 2. The summed E-state index contributed by atoms with van der Waals surface area (Å²) in [5, 5.41) is 14.9. The molecule has 1 fully saturated rings. The number of aromatic nitrogens is 3. The van der Waals surface area contributed by atoms with Crippen molar-refractivity contribution in [1.29, 1.82) is 0 Å². The zero-order valence-electron chi connectivity index (χ0n) is 17.7. The predicted molar refractivity (Wildman–Crippen MR) is 114 cm³/mol. The summed E-state index contributed by atoms with van der Waals surface area (Å²) in [5.41, 5.74) is 7.80. The molecule has 1 saturated heterocycles. The summed E-state index contributed by atoms with van der Waals surface area (Å²) in [6.07, 6.45) is 3.80. The molecule has 9 heteroatoms. The van der Waals surface area contributed by atoms with Gasteiger partial charge >= 0.3 is 0 Å². The Bertz CT molecular complexity index is 1240. The molecular formula is C23H23N5O4. The summed E-state index contributed by atoms with van der Waals surface area (Å²) < 4.78 is 5.36. The minimum atomic E-state index is -1.70. The SMILES string of the molecule is CN1CC[C@@](O)(c2cc(-c3cccc(-c4nc5c(c(C(N)=O)n4)CCCC5)c3)no2)C1=O. The van der Waals surface area contributed by atoms with Gasteiger partial charge in [-0.3, -0.25) is 9.59 Å². The molecule has 0 unspecified atom stereocenters. The topological polar surface area (TPSA) is 135 Å².